The standard InChI is InChI=1S/C15H22N2O2/c1-15(2,3)14(19)16-10-9-13(18)17-11-12-7-5-4-6-8-12/h4-8H,9-11H2,1-3H3,(H,16,19)(H,17,18). The summed E-state index contributed by atoms with van der Waals surface area (Å²) in [5, 5.41) is 5.57. The van der Waals surface area contributed by atoms with Crippen LogP contribution in [0.3, 0.4) is 0 Å². The summed E-state index contributed by atoms with van der Waals surface area (Å²) in [5.74, 6) is -0.0959. The van der Waals surface area contributed by atoms with Crippen LogP contribution in [0.1, 0.15) is 32.8 Å². The smallest absolute Gasteiger partial charge is 0.225 e. The molecule has 104 valence electrons. The third-order valence-corrected chi connectivity index (χ3v) is 2.65. The van der Waals surface area contributed by atoms with Crippen molar-refractivity contribution in [2.75, 3.05) is 6.54 Å². The fourth-order valence-corrected chi connectivity index (χ4v) is 1.44. The molecule has 19 heavy (non-hydrogen) atoms. The Balaban J connectivity index is 2.20. The zero-order chi connectivity index (χ0) is 14.3. The molecule has 2 amide bonds. The number of hydrogen-bond acceptors (Lipinski definition) is 2. The van der Waals surface area contributed by atoms with Crippen LogP contribution in [0.2, 0.25) is 0 Å². The quantitative estimate of drug-likeness (QED) is 0.851. The molecule has 0 saturated heterocycles. The zero-order valence-corrected chi connectivity index (χ0v) is 11.8. The van der Waals surface area contributed by atoms with Crippen LogP contribution >= 0.6 is 0 Å². The average molecular weight is 262 g/mol. The number of hydrogen-bond donors (Lipinski definition) is 2. The fraction of sp³-hybridized carbons (Fsp3) is 0.467. The Morgan fingerprint density at radius 3 is 2.26 bits per heavy atom. The predicted molar refractivity (Wildman–Crippen MR) is 75.4 cm³/mol. The van der Waals surface area contributed by atoms with E-state index in [0.29, 0.717) is 19.5 Å². The molecule has 0 atom stereocenters. The van der Waals surface area contributed by atoms with Crippen molar-refractivity contribution in [2.24, 2.45) is 5.41 Å². The summed E-state index contributed by atoms with van der Waals surface area (Å²) < 4.78 is 0. The average Bonchev–Trinajstić information content (AvgIpc) is 2.36. The molecule has 1 aromatic carbocycles. The molecule has 0 aliphatic heterocycles. The summed E-state index contributed by atoms with van der Waals surface area (Å²) in [4.78, 5) is 23.2. The summed E-state index contributed by atoms with van der Waals surface area (Å²) in [6, 6.07) is 9.73. The molecule has 0 fully saturated rings. The summed E-state index contributed by atoms with van der Waals surface area (Å²) in [5.41, 5.74) is 0.648. The van der Waals surface area contributed by atoms with E-state index in [2.05, 4.69) is 10.6 Å². The second-order valence-electron chi connectivity index (χ2n) is 5.52. The second-order valence-corrected chi connectivity index (χ2v) is 5.52. The lowest BCUT2D eigenvalue weighted by molar-refractivity contribution is -0.128. The first kappa shape index (κ1) is 15.2. The first-order chi connectivity index (χ1) is 8.89. The van der Waals surface area contributed by atoms with Gasteiger partial charge in [0.2, 0.25) is 11.8 Å². The highest BCUT2D eigenvalue weighted by Crippen LogP contribution is 2.12. The number of rotatable bonds is 5. The first-order valence-corrected chi connectivity index (χ1v) is 6.48. The van der Waals surface area contributed by atoms with Gasteiger partial charge in [-0.05, 0) is 5.56 Å². The molecular weight excluding hydrogens is 240 g/mol. The maximum absolute atomic E-state index is 11.6. The molecule has 4 heteroatoms. The van der Waals surface area contributed by atoms with Gasteiger partial charge in [0, 0.05) is 24.9 Å². The highest BCUT2D eigenvalue weighted by atomic mass is 16.2. The van der Waals surface area contributed by atoms with E-state index in [1.54, 1.807) is 0 Å². The Kier molecular flexibility index (Phi) is 5.55. The monoisotopic (exact) mass is 262 g/mol. The summed E-state index contributed by atoms with van der Waals surface area (Å²) in [7, 11) is 0. The van der Waals surface area contributed by atoms with Crippen molar-refractivity contribution in [3.05, 3.63) is 35.9 Å². The van der Waals surface area contributed by atoms with Crippen LogP contribution in [0, 0.1) is 5.41 Å². The van der Waals surface area contributed by atoms with Gasteiger partial charge in [-0.3, -0.25) is 9.59 Å². The van der Waals surface area contributed by atoms with Crippen molar-refractivity contribution < 1.29 is 9.59 Å². The van der Waals surface area contributed by atoms with Gasteiger partial charge in [0.05, 0.1) is 0 Å². The van der Waals surface area contributed by atoms with Crippen LogP contribution in [0.15, 0.2) is 30.3 Å². The Morgan fingerprint density at radius 2 is 1.68 bits per heavy atom. The maximum Gasteiger partial charge on any atom is 0.225 e. The molecule has 1 aromatic rings. The molecule has 0 bridgehead atoms. The molecule has 0 spiro atoms. The number of carbonyl (C=O) groups excluding carboxylic acids is 2. The van der Waals surface area contributed by atoms with Gasteiger partial charge >= 0.3 is 0 Å². The molecule has 0 aliphatic rings. The van der Waals surface area contributed by atoms with Crippen molar-refractivity contribution in [3.63, 3.8) is 0 Å². The molecule has 0 heterocycles. The van der Waals surface area contributed by atoms with Crippen LogP contribution in [0.5, 0.6) is 0 Å². The number of benzene rings is 1. The normalized spacial score (nSPS) is 10.9. The Bertz CT molecular complexity index is 422. The highest BCUT2D eigenvalue weighted by molar-refractivity contribution is 5.82. The van der Waals surface area contributed by atoms with E-state index < -0.39 is 5.41 Å². The Labute approximate surface area is 114 Å². The van der Waals surface area contributed by atoms with Gasteiger partial charge in [0.1, 0.15) is 0 Å². The second kappa shape index (κ2) is 6.92. The molecule has 0 aromatic heterocycles. The lowest BCUT2D eigenvalue weighted by Crippen LogP contribution is -2.37. The van der Waals surface area contributed by atoms with Gasteiger partial charge in [0.25, 0.3) is 0 Å². The van der Waals surface area contributed by atoms with E-state index in [1.807, 2.05) is 51.1 Å². The van der Waals surface area contributed by atoms with E-state index >= 15 is 0 Å². The van der Waals surface area contributed by atoms with Gasteiger partial charge in [-0.25, -0.2) is 0 Å². The van der Waals surface area contributed by atoms with Gasteiger partial charge in [0.15, 0.2) is 0 Å². The minimum atomic E-state index is -0.416. The minimum Gasteiger partial charge on any atom is -0.355 e. The SMILES string of the molecule is CC(C)(C)C(=O)NCCC(=O)NCc1ccccc1. The van der Waals surface area contributed by atoms with Crippen LogP contribution in [0.25, 0.3) is 0 Å². The van der Waals surface area contributed by atoms with E-state index in [1.165, 1.54) is 0 Å². The fourth-order valence-electron chi connectivity index (χ4n) is 1.44. The largest absolute Gasteiger partial charge is 0.355 e. The van der Waals surface area contributed by atoms with Crippen LogP contribution in [-0.4, -0.2) is 18.4 Å². The first-order valence-electron chi connectivity index (χ1n) is 6.48. The number of carbonyl (C=O) groups is 2. The molecular formula is C15H22N2O2. The number of nitrogens with one attached hydrogen (secondary N) is 2. The Hall–Kier alpha value is -1.84. The minimum absolute atomic E-state index is 0.0386. The van der Waals surface area contributed by atoms with Gasteiger partial charge in [-0.2, -0.15) is 0 Å². The lowest BCUT2D eigenvalue weighted by Gasteiger charge is -2.17. The van der Waals surface area contributed by atoms with Gasteiger partial charge < -0.3 is 10.6 Å². The van der Waals surface area contributed by atoms with Gasteiger partial charge in [-0.1, -0.05) is 51.1 Å². The van der Waals surface area contributed by atoms with Crippen LogP contribution in [-0.2, 0) is 16.1 Å². The highest BCUT2D eigenvalue weighted by Gasteiger charge is 2.20. The summed E-state index contributed by atoms with van der Waals surface area (Å²) in [6.07, 6.45) is 0.300. The molecule has 0 aliphatic carbocycles. The van der Waals surface area contributed by atoms with E-state index in [0.717, 1.165) is 5.56 Å². The molecule has 0 saturated carbocycles. The number of amides is 2. The lowest BCUT2D eigenvalue weighted by atomic mass is 9.96. The van der Waals surface area contributed by atoms with Crippen molar-refractivity contribution in [1.82, 2.24) is 10.6 Å². The third-order valence-electron chi connectivity index (χ3n) is 2.65. The van der Waals surface area contributed by atoms with Crippen LogP contribution in [0.4, 0.5) is 0 Å². The van der Waals surface area contributed by atoms with Crippen LogP contribution < -0.4 is 10.6 Å². The predicted octanol–water partition coefficient (Wildman–Crippen LogP) is 1.86. The molecule has 1 rings (SSSR count). The van der Waals surface area contributed by atoms with Crippen molar-refractivity contribution in [2.45, 2.75) is 33.7 Å². The van der Waals surface area contributed by atoms with E-state index in [9.17, 15) is 9.59 Å². The topological polar surface area (TPSA) is 58.2 Å². The van der Waals surface area contributed by atoms with Crippen molar-refractivity contribution in [3.8, 4) is 0 Å². The molecule has 0 radical (unpaired) electrons. The van der Waals surface area contributed by atoms with E-state index in [-0.39, 0.29) is 11.8 Å². The maximum atomic E-state index is 11.6. The van der Waals surface area contributed by atoms with Crippen molar-refractivity contribution >= 4 is 11.8 Å². The Morgan fingerprint density at radius 1 is 1.05 bits per heavy atom. The summed E-state index contributed by atoms with van der Waals surface area (Å²) >= 11 is 0. The van der Waals surface area contributed by atoms with Gasteiger partial charge in [-0.15, -0.1) is 0 Å². The summed E-state index contributed by atoms with van der Waals surface area (Å²) in [6.45, 7) is 6.43. The molecule has 2 N–H and O–H groups in total. The molecule has 0 unspecified atom stereocenters. The van der Waals surface area contributed by atoms with E-state index in [4.69, 9.17) is 0 Å². The molecule has 4 nitrogen and oxygen atoms in total. The third kappa shape index (κ3) is 6.04. The zero-order valence-electron chi connectivity index (χ0n) is 11.8. The van der Waals surface area contributed by atoms with Crippen molar-refractivity contribution in [1.29, 1.82) is 0 Å².